The monoisotopic (exact) mass is 445 g/mol. The second kappa shape index (κ2) is 10.5. The van der Waals surface area contributed by atoms with Crippen LogP contribution in [0.25, 0.3) is 0 Å². The van der Waals surface area contributed by atoms with Gasteiger partial charge in [-0.15, -0.1) is 0 Å². The number of halogens is 1. The van der Waals surface area contributed by atoms with E-state index in [1.54, 1.807) is 6.07 Å². The quantitative estimate of drug-likeness (QED) is 0.653. The van der Waals surface area contributed by atoms with Crippen LogP contribution in [0.3, 0.4) is 0 Å². The van der Waals surface area contributed by atoms with Crippen LogP contribution < -0.4 is 10.5 Å². The summed E-state index contributed by atoms with van der Waals surface area (Å²) < 4.78 is 5.76. The molecule has 1 saturated heterocycles. The van der Waals surface area contributed by atoms with E-state index < -0.39 is 12.1 Å². The smallest absolute Gasteiger partial charge is 0.239 e. The summed E-state index contributed by atoms with van der Waals surface area (Å²) in [4.78, 5) is 16.7. The fraction of sp³-hybridized carbons (Fsp3) is 0.458. The Kier molecular flexibility index (Phi) is 7.94. The number of primary amides is 1. The third kappa shape index (κ3) is 5.98. The molecule has 1 aliphatic heterocycles. The predicted octanol–water partition coefficient (Wildman–Crippen LogP) is 2.85. The number of aliphatic hydroxyl groups is 1. The van der Waals surface area contributed by atoms with E-state index in [0.29, 0.717) is 30.4 Å². The van der Waals surface area contributed by atoms with Crippen molar-refractivity contribution in [1.82, 2.24) is 9.80 Å². The fourth-order valence-electron chi connectivity index (χ4n) is 4.23. The van der Waals surface area contributed by atoms with Gasteiger partial charge in [-0.25, -0.2) is 0 Å². The first kappa shape index (κ1) is 23.5. The first-order valence-corrected chi connectivity index (χ1v) is 11.0. The molecule has 2 aromatic rings. The van der Waals surface area contributed by atoms with Crippen LogP contribution in [0.1, 0.15) is 28.3 Å². The number of hydrogen-bond donors (Lipinski definition) is 2. The first-order chi connectivity index (χ1) is 14.8. The molecule has 2 atom stereocenters. The standard InChI is InChI=1S/C24H32ClN3O3/c1-16-7-8-19(25)13-21(16)31-15-20(29)14-27-9-11-28(12-10-27)23(24(26)30)22-17(2)5-4-6-18(22)3/h4-8,13,20,23,29H,9-12,14-15H2,1-3H3,(H2,26,30). The van der Waals surface area contributed by atoms with Gasteiger partial charge in [0.05, 0.1) is 0 Å². The summed E-state index contributed by atoms with van der Waals surface area (Å²) in [5, 5.41) is 11.1. The van der Waals surface area contributed by atoms with Gasteiger partial charge in [-0.3, -0.25) is 14.6 Å². The van der Waals surface area contributed by atoms with Gasteiger partial charge in [0.25, 0.3) is 0 Å². The largest absolute Gasteiger partial charge is 0.491 e. The average Bonchev–Trinajstić information content (AvgIpc) is 2.72. The normalized spacial score (nSPS) is 17.3. The molecular weight excluding hydrogens is 414 g/mol. The van der Waals surface area contributed by atoms with Crippen LogP contribution in [0, 0.1) is 20.8 Å². The van der Waals surface area contributed by atoms with E-state index in [9.17, 15) is 9.90 Å². The fourth-order valence-corrected chi connectivity index (χ4v) is 4.40. The van der Waals surface area contributed by atoms with E-state index in [0.717, 1.165) is 35.3 Å². The zero-order valence-corrected chi connectivity index (χ0v) is 19.2. The number of β-amino-alcohol motifs (C(OH)–C–C–N with tert-alkyl or cyclic N) is 1. The summed E-state index contributed by atoms with van der Waals surface area (Å²) in [6, 6.07) is 11.1. The molecule has 0 radical (unpaired) electrons. The van der Waals surface area contributed by atoms with Gasteiger partial charge >= 0.3 is 0 Å². The molecule has 3 N–H and O–H groups in total. The minimum Gasteiger partial charge on any atom is -0.491 e. The molecule has 1 aliphatic rings. The van der Waals surface area contributed by atoms with E-state index >= 15 is 0 Å². The van der Waals surface area contributed by atoms with Gasteiger partial charge in [0.1, 0.15) is 24.5 Å². The minimum absolute atomic E-state index is 0.202. The highest BCUT2D eigenvalue weighted by Crippen LogP contribution is 2.28. The highest BCUT2D eigenvalue weighted by Gasteiger charge is 2.31. The van der Waals surface area contributed by atoms with Gasteiger partial charge in [0.2, 0.25) is 5.91 Å². The van der Waals surface area contributed by atoms with Crippen LogP contribution in [0.2, 0.25) is 5.02 Å². The molecule has 0 bridgehead atoms. The van der Waals surface area contributed by atoms with Crippen molar-refractivity contribution in [1.29, 1.82) is 0 Å². The zero-order chi connectivity index (χ0) is 22.5. The maximum atomic E-state index is 12.3. The molecule has 2 unspecified atom stereocenters. The van der Waals surface area contributed by atoms with Crippen molar-refractivity contribution in [3.63, 3.8) is 0 Å². The maximum absolute atomic E-state index is 12.3. The Hall–Kier alpha value is -2.12. The number of nitrogens with zero attached hydrogens (tertiary/aromatic N) is 2. The Morgan fingerprint density at radius 3 is 2.35 bits per heavy atom. The Morgan fingerprint density at radius 1 is 1.10 bits per heavy atom. The van der Waals surface area contributed by atoms with Crippen LogP contribution in [0.4, 0.5) is 0 Å². The third-order valence-electron chi connectivity index (χ3n) is 5.91. The van der Waals surface area contributed by atoms with E-state index in [1.807, 2.05) is 51.1 Å². The lowest BCUT2D eigenvalue weighted by Crippen LogP contribution is -2.52. The lowest BCUT2D eigenvalue weighted by Gasteiger charge is -2.39. The van der Waals surface area contributed by atoms with Gasteiger partial charge in [0, 0.05) is 37.7 Å². The molecule has 0 saturated carbocycles. The van der Waals surface area contributed by atoms with Gasteiger partial charge < -0.3 is 15.6 Å². The second-order valence-corrected chi connectivity index (χ2v) is 8.76. The van der Waals surface area contributed by atoms with Gasteiger partial charge in [-0.05, 0) is 55.2 Å². The van der Waals surface area contributed by atoms with Gasteiger partial charge in [-0.2, -0.15) is 0 Å². The summed E-state index contributed by atoms with van der Waals surface area (Å²) >= 11 is 6.02. The summed E-state index contributed by atoms with van der Waals surface area (Å²) in [7, 11) is 0. The molecule has 31 heavy (non-hydrogen) atoms. The van der Waals surface area contributed by atoms with Crippen LogP contribution in [-0.4, -0.2) is 66.2 Å². The third-order valence-corrected chi connectivity index (χ3v) is 6.14. The molecule has 1 fully saturated rings. The van der Waals surface area contributed by atoms with Gasteiger partial charge in [0.15, 0.2) is 0 Å². The summed E-state index contributed by atoms with van der Waals surface area (Å²) in [5.41, 5.74) is 9.96. The van der Waals surface area contributed by atoms with Crippen molar-refractivity contribution in [3.05, 3.63) is 63.7 Å². The zero-order valence-electron chi connectivity index (χ0n) is 18.5. The molecule has 3 rings (SSSR count). The maximum Gasteiger partial charge on any atom is 0.239 e. The van der Waals surface area contributed by atoms with Crippen molar-refractivity contribution in [3.8, 4) is 5.75 Å². The van der Waals surface area contributed by atoms with Crippen LogP contribution >= 0.6 is 11.6 Å². The van der Waals surface area contributed by atoms with Crippen molar-refractivity contribution in [2.75, 3.05) is 39.3 Å². The number of carbonyl (C=O) groups is 1. The Labute approximate surface area is 189 Å². The Bertz CT molecular complexity index is 893. The Balaban J connectivity index is 1.54. The molecular formula is C24H32ClN3O3. The molecule has 1 amide bonds. The predicted molar refractivity (Wildman–Crippen MR) is 124 cm³/mol. The molecule has 0 spiro atoms. The van der Waals surface area contributed by atoms with Crippen molar-refractivity contribution in [2.24, 2.45) is 5.73 Å². The molecule has 0 aliphatic carbocycles. The minimum atomic E-state index is -0.615. The summed E-state index contributed by atoms with van der Waals surface area (Å²) in [6.07, 6.45) is -0.615. The number of carbonyl (C=O) groups excluding carboxylic acids is 1. The number of aliphatic hydroxyl groups excluding tert-OH is 1. The number of aryl methyl sites for hydroxylation is 3. The Morgan fingerprint density at radius 2 is 1.74 bits per heavy atom. The number of rotatable bonds is 8. The molecule has 2 aromatic carbocycles. The lowest BCUT2D eigenvalue weighted by atomic mass is 9.94. The summed E-state index contributed by atoms with van der Waals surface area (Å²) in [6.45, 7) is 9.63. The van der Waals surface area contributed by atoms with E-state index in [1.165, 1.54) is 0 Å². The van der Waals surface area contributed by atoms with Crippen molar-refractivity contribution >= 4 is 17.5 Å². The molecule has 0 aromatic heterocycles. The van der Waals surface area contributed by atoms with E-state index in [4.69, 9.17) is 22.1 Å². The highest BCUT2D eigenvalue weighted by atomic mass is 35.5. The summed E-state index contributed by atoms with van der Waals surface area (Å²) in [5.74, 6) is 0.366. The number of benzene rings is 2. The molecule has 6 nitrogen and oxygen atoms in total. The first-order valence-electron chi connectivity index (χ1n) is 10.6. The lowest BCUT2D eigenvalue weighted by molar-refractivity contribution is -0.124. The van der Waals surface area contributed by atoms with Crippen molar-refractivity contribution < 1.29 is 14.6 Å². The molecule has 7 heteroatoms. The second-order valence-electron chi connectivity index (χ2n) is 8.32. The number of ether oxygens (including phenoxy) is 1. The van der Waals surface area contributed by atoms with Crippen molar-refractivity contribution in [2.45, 2.75) is 32.9 Å². The number of nitrogens with two attached hydrogens (primary N) is 1. The van der Waals surface area contributed by atoms with E-state index in [-0.39, 0.29) is 12.5 Å². The van der Waals surface area contributed by atoms with Crippen LogP contribution in [-0.2, 0) is 4.79 Å². The number of hydrogen-bond acceptors (Lipinski definition) is 5. The topological polar surface area (TPSA) is 79.0 Å². The molecule has 168 valence electrons. The average molecular weight is 446 g/mol. The van der Waals surface area contributed by atoms with Crippen LogP contribution in [0.5, 0.6) is 5.75 Å². The SMILES string of the molecule is Cc1ccc(Cl)cc1OCC(O)CN1CCN(C(C(N)=O)c2c(C)cccc2C)CC1. The molecule has 1 heterocycles. The highest BCUT2D eigenvalue weighted by molar-refractivity contribution is 6.30. The van der Waals surface area contributed by atoms with Crippen LogP contribution in [0.15, 0.2) is 36.4 Å². The van der Waals surface area contributed by atoms with E-state index in [2.05, 4.69) is 9.80 Å². The van der Waals surface area contributed by atoms with Gasteiger partial charge in [-0.1, -0.05) is 35.9 Å². The number of piperazine rings is 1. The number of amides is 1.